The number of non-ortho nitro benzene ring substituents is 2. The summed E-state index contributed by atoms with van der Waals surface area (Å²) in [6.07, 6.45) is 3.13. The van der Waals surface area contributed by atoms with Gasteiger partial charge < -0.3 is 0 Å². The molecule has 1 amide bonds. The predicted molar refractivity (Wildman–Crippen MR) is 124 cm³/mol. The molecule has 0 aliphatic heterocycles. The van der Waals surface area contributed by atoms with E-state index < -0.39 is 15.8 Å². The highest BCUT2D eigenvalue weighted by molar-refractivity contribution is 5.95. The second kappa shape index (κ2) is 9.53. The summed E-state index contributed by atoms with van der Waals surface area (Å²) in [5.41, 5.74) is 4.90. The number of rotatable bonds is 7. The van der Waals surface area contributed by atoms with E-state index in [1.165, 1.54) is 42.6 Å². The maximum atomic E-state index is 12.3. The topological polar surface area (TPSA) is 146 Å². The second-order valence-corrected chi connectivity index (χ2v) is 7.02. The van der Waals surface area contributed by atoms with Crippen molar-refractivity contribution in [3.05, 3.63) is 116 Å². The van der Waals surface area contributed by atoms with E-state index in [0.717, 1.165) is 5.69 Å². The van der Waals surface area contributed by atoms with Gasteiger partial charge in [-0.05, 0) is 36.4 Å². The smallest absolute Gasteiger partial charge is 0.267 e. The third kappa shape index (κ3) is 4.83. The molecule has 4 rings (SSSR count). The average molecular weight is 456 g/mol. The number of nitro benzene ring substituents is 2. The molecule has 1 N–H and O–H groups in total. The van der Waals surface area contributed by atoms with Crippen LogP contribution in [0, 0.1) is 20.2 Å². The highest BCUT2D eigenvalue weighted by Crippen LogP contribution is 2.25. The summed E-state index contributed by atoms with van der Waals surface area (Å²) in [6.45, 7) is 0. The van der Waals surface area contributed by atoms with Gasteiger partial charge in [-0.15, -0.1) is 0 Å². The number of nitrogens with zero attached hydrogens (tertiary/aromatic N) is 5. The number of nitrogens with one attached hydrogen (secondary N) is 1. The quantitative estimate of drug-likeness (QED) is 0.251. The van der Waals surface area contributed by atoms with Crippen LogP contribution in [0.5, 0.6) is 0 Å². The summed E-state index contributed by atoms with van der Waals surface area (Å²) >= 11 is 0. The van der Waals surface area contributed by atoms with Gasteiger partial charge in [0.05, 0.1) is 21.7 Å². The first-order chi connectivity index (χ1) is 16.4. The number of hydrogen-bond donors (Lipinski definition) is 1. The third-order valence-corrected chi connectivity index (χ3v) is 4.82. The van der Waals surface area contributed by atoms with Crippen molar-refractivity contribution in [1.29, 1.82) is 0 Å². The Balaban J connectivity index is 1.61. The Bertz CT molecular complexity index is 1380. The lowest BCUT2D eigenvalue weighted by Gasteiger charge is -2.01. The highest BCUT2D eigenvalue weighted by atomic mass is 16.6. The van der Waals surface area contributed by atoms with E-state index >= 15 is 0 Å². The van der Waals surface area contributed by atoms with Crippen LogP contribution in [-0.2, 0) is 0 Å². The van der Waals surface area contributed by atoms with E-state index in [2.05, 4.69) is 15.6 Å². The van der Waals surface area contributed by atoms with E-state index in [4.69, 9.17) is 0 Å². The lowest BCUT2D eigenvalue weighted by Crippen LogP contribution is -2.17. The standard InChI is InChI=1S/C23H16N6O5/c30-23(17-8-12-21(13-9-17)29(33)34)25-24-14-18-15-27(19-4-2-1-3-5-19)26-22(18)16-6-10-20(11-7-16)28(31)32/h1-15H,(H,25,30)/b24-14+. The third-order valence-electron chi connectivity index (χ3n) is 4.82. The largest absolute Gasteiger partial charge is 0.271 e. The molecule has 0 unspecified atom stereocenters. The fourth-order valence-corrected chi connectivity index (χ4v) is 3.12. The molecule has 0 atom stereocenters. The molecule has 0 aliphatic carbocycles. The normalized spacial score (nSPS) is 10.8. The van der Waals surface area contributed by atoms with Gasteiger partial charge in [0.15, 0.2) is 0 Å². The van der Waals surface area contributed by atoms with Gasteiger partial charge in [0, 0.05) is 47.2 Å². The van der Waals surface area contributed by atoms with Crippen molar-refractivity contribution in [3.8, 4) is 16.9 Å². The van der Waals surface area contributed by atoms with Crippen LogP contribution in [0.4, 0.5) is 11.4 Å². The Hall–Kier alpha value is -5.19. The molecular weight excluding hydrogens is 440 g/mol. The molecule has 34 heavy (non-hydrogen) atoms. The van der Waals surface area contributed by atoms with Gasteiger partial charge in [-0.3, -0.25) is 25.0 Å². The van der Waals surface area contributed by atoms with Crippen molar-refractivity contribution in [1.82, 2.24) is 15.2 Å². The van der Waals surface area contributed by atoms with Gasteiger partial charge in [0.25, 0.3) is 17.3 Å². The summed E-state index contributed by atoms with van der Waals surface area (Å²) in [6, 6.07) is 20.4. The molecule has 0 fully saturated rings. The number of amides is 1. The van der Waals surface area contributed by atoms with Crippen LogP contribution in [0.25, 0.3) is 16.9 Å². The van der Waals surface area contributed by atoms with E-state index in [-0.39, 0.29) is 16.9 Å². The summed E-state index contributed by atoms with van der Waals surface area (Å²) < 4.78 is 1.64. The maximum absolute atomic E-state index is 12.3. The van der Waals surface area contributed by atoms with Gasteiger partial charge in [0.2, 0.25) is 0 Å². The number of carbonyl (C=O) groups is 1. The number of aromatic nitrogens is 2. The molecular formula is C23H16N6O5. The molecule has 4 aromatic rings. The van der Waals surface area contributed by atoms with Crippen molar-refractivity contribution in [2.75, 3.05) is 0 Å². The number of hydrogen-bond acceptors (Lipinski definition) is 7. The Kier molecular flexibility index (Phi) is 6.17. The van der Waals surface area contributed by atoms with E-state index in [1.54, 1.807) is 23.0 Å². The zero-order chi connectivity index (χ0) is 24.1. The van der Waals surface area contributed by atoms with Gasteiger partial charge >= 0.3 is 0 Å². The van der Waals surface area contributed by atoms with Gasteiger partial charge in [-0.2, -0.15) is 10.2 Å². The lowest BCUT2D eigenvalue weighted by atomic mass is 10.1. The van der Waals surface area contributed by atoms with Gasteiger partial charge in [0.1, 0.15) is 5.69 Å². The molecule has 168 valence electrons. The van der Waals surface area contributed by atoms with Crippen LogP contribution in [0.2, 0.25) is 0 Å². The fraction of sp³-hybridized carbons (Fsp3) is 0. The molecule has 11 nitrogen and oxygen atoms in total. The zero-order valence-electron chi connectivity index (χ0n) is 17.4. The number of nitro groups is 2. The first kappa shape index (κ1) is 22.0. The van der Waals surface area contributed by atoms with Gasteiger partial charge in [-0.25, -0.2) is 10.1 Å². The molecule has 0 saturated heterocycles. The molecule has 0 radical (unpaired) electrons. The second-order valence-electron chi connectivity index (χ2n) is 7.02. The van der Waals surface area contributed by atoms with Crippen molar-refractivity contribution in [2.45, 2.75) is 0 Å². The SMILES string of the molecule is O=C(N/N=C/c1cn(-c2ccccc2)nc1-c1ccc([N+](=O)[O-])cc1)c1ccc([N+](=O)[O-])cc1. The van der Waals surface area contributed by atoms with E-state index in [1.807, 2.05) is 30.3 Å². The highest BCUT2D eigenvalue weighted by Gasteiger charge is 2.14. The molecule has 3 aromatic carbocycles. The summed E-state index contributed by atoms with van der Waals surface area (Å²) in [7, 11) is 0. The van der Waals surface area contributed by atoms with Gasteiger partial charge in [-0.1, -0.05) is 18.2 Å². The zero-order valence-corrected chi connectivity index (χ0v) is 17.4. The van der Waals surface area contributed by atoms with Crippen LogP contribution in [0.1, 0.15) is 15.9 Å². The Morgan fingerprint density at radius 2 is 1.47 bits per heavy atom. The fourth-order valence-electron chi connectivity index (χ4n) is 3.12. The first-order valence-electron chi connectivity index (χ1n) is 9.90. The lowest BCUT2D eigenvalue weighted by molar-refractivity contribution is -0.385. The molecule has 0 spiro atoms. The van der Waals surface area contributed by atoms with E-state index in [9.17, 15) is 25.0 Å². The van der Waals surface area contributed by atoms with E-state index in [0.29, 0.717) is 16.8 Å². The average Bonchev–Trinajstić information content (AvgIpc) is 3.29. The maximum Gasteiger partial charge on any atom is 0.271 e. The molecule has 1 heterocycles. The number of carbonyl (C=O) groups excluding carboxylic acids is 1. The van der Waals surface area contributed by atoms with Crippen molar-refractivity contribution in [2.24, 2.45) is 5.10 Å². The Labute approximate surface area is 192 Å². The summed E-state index contributed by atoms with van der Waals surface area (Å²) in [4.78, 5) is 33.0. The van der Waals surface area contributed by atoms with Crippen LogP contribution in [0.15, 0.2) is 90.2 Å². The first-order valence-corrected chi connectivity index (χ1v) is 9.90. The van der Waals surface area contributed by atoms with Crippen LogP contribution < -0.4 is 5.43 Å². The van der Waals surface area contributed by atoms with Crippen molar-refractivity contribution in [3.63, 3.8) is 0 Å². The Morgan fingerprint density at radius 3 is 2.06 bits per heavy atom. The number of benzene rings is 3. The molecule has 11 heteroatoms. The molecule has 0 bridgehead atoms. The number of hydrazone groups is 1. The molecule has 0 aliphatic rings. The van der Waals surface area contributed by atoms with Crippen LogP contribution in [-0.4, -0.2) is 31.7 Å². The molecule has 0 saturated carbocycles. The van der Waals surface area contributed by atoms with Crippen molar-refractivity contribution >= 4 is 23.5 Å². The van der Waals surface area contributed by atoms with Crippen LogP contribution in [0.3, 0.4) is 0 Å². The Morgan fingerprint density at radius 1 is 0.882 bits per heavy atom. The monoisotopic (exact) mass is 456 g/mol. The predicted octanol–water partition coefficient (Wildman–Crippen LogP) is 4.12. The molecule has 1 aromatic heterocycles. The summed E-state index contributed by atoms with van der Waals surface area (Å²) in [5, 5.41) is 30.3. The van der Waals surface area contributed by atoms with Crippen LogP contribution >= 0.6 is 0 Å². The minimum absolute atomic E-state index is 0.0446. The minimum Gasteiger partial charge on any atom is -0.267 e. The summed E-state index contributed by atoms with van der Waals surface area (Å²) in [5.74, 6) is -0.543. The van der Waals surface area contributed by atoms with Crippen molar-refractivity contribution < 1.29 is 14.6 Å². The number of para-hydroxylation sites is 1. The minimum atomic E-state index is -0.552.